The van der Waals surface area contributed by atoms with Gasteiger partial charge in [0.2, 0.25) is 5.82 Å². The molecule has 8 rings (SSSR count). The van der Waals surface area contributed by atoms with E-state index in [4.69, 9.17) is 14.2 Å². The Morgan fingerprint density at radius 1 is 1.05 bits per heavy atom. The number of piperazine rings is 1. The molecule has 0 radical (unpaired) electrons. The largest absolute Gasteiger partial charge is 0.468 e. The summed E-state index contributed by atoms with van der Waals surface area (Å²) >= 11 is 1.27. The van der Waals surface area contributed by atoms with E-state index in [0.717, 1.165) is 11.6 Å². The van der Waals surface area contributed by atoms with Gasteiger partial charge in [-0.3, -0.25) is 4.90 Å². The first-order chi connectivity index (χ1) is 27.1. The number of aromatic nitrogens is 2. The molecule has 5 atom stereocenters. The van der Waals surface area contributed by atoms with Crippen molar-refractivity contribution in [1.82, 2.24) is 19.2 Å². The normalized spacial score (nSPS) is 25.0. The second kappa shape index (κ2) is 15.0. The van der Waals surface area contributed by atoms with E-state index in [0.29, 0.717) is 55.2 Å². The number of carbonyl (C=O) groups excluding carboxylic acids is 1. The molecule has 15 heteroatoms. The van der Waals surface area contributed by atoms with E-state index in [1.807, 2.05) is 29.4 Å². The van der Waals surface area contributed by atoms with Crippen molar-refractivity contribution >= 4 is 45.5 Å². The Morgan fingerprint density at radius 3 is 2.51 bits per heavy atom. The predicted octanol–water partition coefficient (Wildman–Crippen LogP) is 9.57. The van der Waals surface area contributed by atoms with Gasteiger partial charge in [0.25, 0.3) is 0 Å². The lowest BCUT2D eigenvalue weighted by molar-refractivity contribution is -0.0396. The Bertz CT molecular complexity index is 2190. The molecule has 4 bridgehead atoms. The van der Waals surface area contributed by atoms with Gasteiger partial charge in [-0.25, -0.2) is 32.2 Å². The van der Waals surface area contributed by atoms with Crippen LogP contribution in [0.4, 0.5) is 32.6 Å². The van der Waals surface area contributed by atoms with Crippen molar-refractivity contribution in [2.24, 2.45) is 0 Å². The van der Waals surface area contributed by atoms with Crippen LogP contribution in [0.1, 0.15) is 77.6 Å². The van der Waals surface area contributed by atoms with Crippen molar-refractivity contribution in [3.63, 3.8) is 0 Å². The number of methoxy groups -OCH3 is 1. The van der Waals surface area contributed by atoms with Crippen LogP contribution in [0.5, 0.6) is 5.75 Å². The number of hydrogen-bond acceptors (Lipinski definition) is 9. The summed E-state index contributed by atoms with van der Waals surface area (Å²) in [6.07, 6.45) is 0.326. The fourth-order valence-electron chi connectivity index (χ4n) is 9.28. The van der Waals surface area contributed by atoms with Crippen molar-refractivity contribution in [1.29, 1.82) is 0 Å². The molecule has 9 nitrogen and oxygen atoms in total. The van der Waals surface area contributed by atoms with Crippen LogP contribution in [0.2, 0.25) is 0 Å². The molecule has 4 aliphatic rings. The number of fused-ring (bicyclic) bond motifs is 6. The third-order valence-electron chi connectivity index (χ3n) is 11.5. The quantitative estimate of drug-likeness (QED) is 0.0933. The third kappa shape index (κ3) is 7.59. The van der Waals surface area contributed by atoms with Crippen LogP contribution >= 0.6 is 11.9 Å². The van der Waals surface area contributed by atoms with Crippen LogP contribution in [0.15, 0.2) is 36.4 Å². The molecular formula is C42H48F5N5O4S. The molecule has 57 heavy (non-hydrogen) atoms. The molecule has 306 valence electrons. The van der Waals surface area contributed by atoms with Crippen LogP contribution in [0.25, 0.3) is 32.8 Å². The molecule has 3 aromatic carbocycles. The maximum Gasteiger partial charge on any atom is 0.410 e. The van der Waals surface area contributed by atoms with Crippen molar-refractivity contribution in [2.75, 3.05) is 45.0 Å². The topological polar surface area (TPSA) is 80.3 Å². The molecule has 0 N–H and O–H groups in total. The lowest BCUT2D eigenvalue weighted by atomic mass is 9.87. The zero-order chi connectivity index (χ0) is 40.4. The molecule has 0 aliphatic carbocycles. The SMILES string of the molecule is CCc1cccc2cc(OCOC)cc(-c3c(F)cc4c(N5CC6CCC(C5)N6C(=O)OC(C)(C)C)nc(C(F)(F)C[C@]56CCCN(C[C@H](F)C5)S6)nc4c3F)c12. The Labute approximate surface area is 333 Å². The Balaban J connectivity index is 1.29. The van der Waals surface area contributed by atoms with Gasteiger partial charge in [0.15, 0.2) is 12.6 Å². The first-order valence-corrected chi connectivity index (χ1v) is 20.5. The lowest BCUT2D eigenvalue weighted by Gasteiger charge is -2.48. The van der Waals surface area contributed by atoms with Gasteiger partial charge in [-0.1, -0.05) is 37.1 Å². The first kappa shape index (κ1) is 39.9. The highest BCUT2D eigenvalue weighted by molar-refractivity contribution is 7.98. The van der Waals surface area contributed by atoms with Crippen molar-refractivity contribution in [3.05, 3.63) is 59.4 Å². The summed E-state index contributed by atoms with van der Waals surface area (Å²) in [5, 5.41) is 1.19. The molecule has 0 spiro atoms. The van der Waals surface area contributed by atoms with Gasteiger partial charge in [0, 0.05) is 49.8 Å². The van der Waals surface area contributed by atoms with Gasteiger partial charge >= 0.3 is 12.0 Å². The molecule has 0 saturated carbocycles. The van der Waals surface area contributed by atoms with Crippen molar-refractivity contribution in [2.45, 2.75) is 107 Å². The number of benzene rings is 3. The number of alkyl halides is 3. The molecule has 1 aromatic heterocycles. The molecule has 4 saturated heterocycles. The van der Waals surface area contributed by atoms with E-state index in [9.17, 15) is 9.18 Å². The smallest absolute Gasteiger partial charge is 0.410 e. The predicted molar refractivity (Wildman–Crippen MR) is 211 cm³/mol. The van der Waals surface area contributed by atoms with E-state index >= 15 is 17.6 Å². The standard InChI is InChI=1S/C42H48F5N5O4S/c1-6-24-9-7-10-25-15-29(55-23-54-5)16-30(33(24)25)34-32(44)17-31-36(35(34)45)48-38(42(46,47)22-41-13-8-14-51(57-41)19-26(43)18-41)49-37(31)50-20-27-11-12-28(21-50)52(27)39(53)56-40(2,3)4/h7,9-10,15-17,26-28H,6,8,11-14,18-23H2,1-5H3/t26-,27?,28?,41+/m1/s1. The summed E-state index contributed by atoms with van der Waals surface area (Å²) in [6, 6.07) is 9.26. The van der Waals surface area contributed by atoms with Crippen molar-refractivity contribution in [3.8, 4) is 16.9 Å². The second-order valence-corrected chi connectivity index (χ2v) is 18.4. The molecule has 3 unspecified atom stereocenters. The minimum atomic E-state index is -3.70. The number of amides is 1. The Hall–Kier alpha value is -3.95. The number of aryl methyl sites for hydroxylation is 1. The zero-order valence-electron chi connectivity index (χ0n) is 32.8. The van der Waals surface area contributed by atoms with Gasteiger partial charge in [-0.05, 0) is 99.4 Å². The average Bonchev–Trinajstić information content (AvgIpc) is 3.41. The highest BCUT2D eigenvalue weighted by Gasteiger charge is 2.52. The molecular weight excluding hydrogens is 766 g/mol. The number of nitrogens with zero attached hydrogens (tertiary/aromatic N) is 5. The van der Waals surface area contributed by atoms with Gasteiger partial charge < -0.3 is 19.1 Å². The average molecular weight is 814 g/mol. The molecule has 5 heterocycles. The Kier molecular flexibility index (Phi) is 10.5. The number of rotatable bonds is 9. The fraction of sp³-hybridized carbons (Fsp3) is 0.548. The molecule has 4 aromatic rings. The van der Waals surface area contributed by atoms with Crippen LogP contribution in [0.3, 0.4) is 0 Å². The van der Waals surface area contributed by atoms with Gasteiger partial charge in [-0.2, -0.15) is 8.78 Å². The lowest BCUT2D eigenvalue weighted by Crippen LogP contribution is -2.57. The summed E-state index contributed by atoms with van der Waals surface area (Å²) < 4.78 is 100. The third-order valence-corrected chi connectivity index (χ3v) is 13.0. The number of ether oxygens (including phenoxy) is 3. The van der Waals surface area contributed by atoms with E-state index in [2.05, 4.69) is 9.97 Å². The van der Waals surface area contributed by atoms with Gasteiger partial charge in [-0.15, -0.1) is 0 Å². The zero-order valence-corrected chi connectivity index (χ0v) is 33.7. The van der Waals surface area contributed by atoms with Gasteiger partial charge in [0.05, 0.1) is 17.6 Å². The second-order valence-electron chi connectivity index (χ2n) is 16.8. The van der Waals surface area contributed by atoms with Gasteiger partial charge in [0.1, 0.15) is 34.7 Å². The van der Waals surface area contributed by atoms with E-state index in [1.165, 1.54) is 25.1 Å². The minimum Gasteiger partial charge on any atom is -0.468 e. The molecule has 4 fully saturated rings. The summed E-state index contributed by atoms with van der Waals surface area (Å²) in [6.45, 7) is 8.33. The number of carbonyl (C=O) groups is 1. The maximum atomic E-state index is 17.5. The Morgan fingerprint density at radius 2 is 1.81 bits per heavy atom. The summed E-state index contributed by atoms with van der Waals surface area (Å²) in [5.74, 6) is -6.40. The summed E-state index contributed by atoms with van der Waals surface area (Å²) in [5.41, 5.74) is -0.615. The highest BCUT2D eigenvalue weighted by atomic mass is 32.2. The van der Waals surface area contributed by atoms with Crippen molar-refractivity contribution < 1.29 is 41.0 Å². The number of halogens is 5. The minimum absolute atomic E-state index is 0.0431. The number of hydrogen-bond donors (Lipinski definition) is 0. The van der Waals surface area contributed by atoms with E-state index < -0.39 is 63.5 Å². The molecule has 1 amide bonds. The van der Waals surface area contributed by atoms with Crippen LogP contribution in [-0.4, -0.2) is 94.0 Å². The fourth-order valence-corrected chi connectivity index (χ4v) is 11.0. The molecule has 4 aliphatic heterocycles. The van der Waals surface area contributed by atoms with Crippen LogP contribution in [-0.2, 0) is 21.8 Å². The number of anilines is 1. The summed E-state index contributed by atoms with van der Waals surface area (Å²) in [7, 11) is 1.46. The van der Waals surface area contributed by atoms with Crippen LogP contribution in [0, 0.1) is 11.6 Å². The highest BCUT2D eigenvalue weighted by Crippen LogP contribution is 2.53. The van der Waals surface area contributed by atoms with E-state index in [-0.39, 0.29) is 61.7 Å². The first-order valence-electron chi connectivity index (χ1n) is 19.7. The maximum absolute atomic E-state index is 17.5. The monoisotopic (exact) mass is 813 g/mol. The summed E-state index contributed by atoms with van der Waals surface area (Å²) in [4.78, 5) is 25.5. The van der Waals surface area contributed by atoms with Crippen LogP contribution < -0.4 is 9.64 Å². The van der Waals surface area contributed by atoms with E-state index in [1.54, 1.807) is 36.6 Å².